The molecule has 1 aliphatic heterocycles. The minimum atomic E-state index is -0.321. The van der Waals surface area contributed by atoms with E-state index < -0.39 is 0 Å². The number of ketones is 1. The zero-order chi connectivity index (χ0) is 13.7. The van der Waals surface area contributed by atoms with E-state index >= 15 is 0 Å². The SMILES string of the molecule is O=C1C(c2ccc(F)cc2)=NC(C2CC2)c2cn[nH]c21. The number of benzene rings is 1. The Hall–Kier alpha value is -2.30. The number of hydrogen-bond donors (Lipinski definition) is 1. The Kier molecular flexibility index (Phi) is 2.36. The van der Waals surface area contributed by atoms with Gasteiger partial charge >= 0.3 is 0 Å². The third kappa shape index (κ3) is 1.70. The van der Waals surface area contributed by atoms with E-state index in [1.807, 2.05) is 0 Å². The number of aromatic nitrogens is 2. The van der Waals surface area contributed by atoms with Gasteiger partial charge in [0.25, 0.3) is 0 Å². The summed E-state index contributed by atoms with van der Waals surface area (Å²) in [5.41, 5.74) is 2.47. The largest absolute Gasteiger partial charge is 0.285 e. The second-order valence-electron chi connectivity index (χ2n) is 5.30. The number of hydrogen-bond acceptors (Lipinski definition) is 3. The van der Waals surface area contributed by atoms with E-state index in [2.05, 4.69) is 15.2 Å². The average Bonchev–Trinajstić information content (AvgIpc) is 3.17. The Balaban J connectivity index is 1.82. The van der Waals surface area contributed by atoms with Gasteiger partial charge < -0.3 is 0 Å². The molecule has 2 aromatic rings. The van der Waals surface area contributed by atoms with Gasteiger partial charge in [-0.15, -0.1) is 0 Å². The van der Waals surface area contributed by atoms with Gasteiger partial charge in [-0.1, -0.05) is 0 Å². The lowest BCUT2D eigenvalue weighted by molar-refractivity contribution is 0.105. The Morgan fingerprint density at radius 1 is 1.20 bits per heavy atom. The van der Waals surface area contributed by atoms with Gasteiger partial charge in [-0.2, -0.15) is 5.10 Å². The number of fused-ring (bicyclic) bond motifs is 1. The number of nitrogens with one attached hydrogen (secondary N) is 1. The quantitative estimate of drug-likeness (QED) is 0.911. The van der Waals surface area contributed by atoms with Crippen molar-refractivity contribution in [2.75, 3.05) is 0 Å². The first kappa shape index (κ1) is 11.5. The highest BCUT2D eigenvalue weighted by molar-refractivity contribution is 6.51. The zero-order valence-electron chi connectivity index (χ0n) is 10.6. The summed E-state index contributed by atoms with van der Waals surface area (Å²) in [7, 11) is 0. The first-order valence-electron chi connectivity index (χ1n) is 6.66. The molecule has 1 fully saturated rings. The summed E-state index contributed by atoms with van der Waals surface area (Å²) in [6.07, 6.45) is 3.95. The van der Waals surface area contributed by atoms with Crippen LogP contribution < -0.4 is 0 Å². The van der Waals surface area contributed by atoms with Gasteiger partial charge in [-0.3, -0.25) is 14.9 Å². The summed E-state index contributed by atoms with van der Waals surface area (Å²) in [6.45, 7) is 0. The van der Waals surface area contributed by atoms with Crippen LogP contribution in [0.4, 0.5) is 4.39 Å². The lowest BCUT2D eigenvalue weighted by Crippen LogP contribution is -2.24. The van der Waals surface area contributed by atoms with Crippen molar-refractivity contribution in [2.24, 2.45) is 10.9 Å². The van der Waals surface area contributed by atoms with Crippen LogP contribution in [0.5, 0.6) is 0 Å². The molecule has 1 aliphatic carbocycles. The van der Waals surface area contributed by atoms with E-state index in [0.29, 0.717) is 22.9 Å². The van der Waals surface area contributed by atoms with E-state index in [9.17, 15) is 9.18 Å². The molecule has 0 bridgehead atoms. The van der Waals surface area contributed by atoms with E-state index in [0.717, 1.165) is 18.4 Å². The number of aromatic amines is 1. The molecule has 0 spiro atoms. The van der Waals surface area contributed by atoms with Gasteiger partial charge in [0.2, 0.25) is 5.78 Å². The minimum absolute atomic E-state index is 0.00139. The van der Waals surface area contributed by atoms with Crippen LogP contribution in [0.3, 0.4) is 0 Å². The smallest absolute Gasteiger partial charge is 0.229 e. The summed E-state index contributed by atoms with van der Waals surface area (Å²) in [5, 5.41) is 6.75. The lowest BCUT2D eigenvalue weighted by Gasteiger charge is -2.19. The first-order valence-corrected chi connectivity index (χ1v) is 6.66. The highest BCUT2D eigenvalue weighted by Gasteiger charge is 2.39. The Labute approximate surface area is 114 Å². The molecule has 1 atom stereocenters. The van der Waals surface area contributed by atoms with Crippen molar-refractivity contribution < 1.29 is 9.18 Å². The molecule has 1 N–H and O–H groups in total. The number of Topliss-reactive ketones (excluding diaryl/α,β-unsaturated/α-hetero) is 1. The first-order chi connectivity index (χ1) is 9.74. The summed E-state index contributed by atoms with van der Waals surface area (Å²) < 4.78 is 13.0. The van der Waals surface area contributed by atoms with Gasteiger partial charge in [-0.05, 0) is 43.0 Å². The monoisotopic (exact) mass is 269 g/mol. The number of H-pyrrole nitrogens is 1. The van der Waals surface area contributed by atoms with Crippen LogP contribution in [0.25, 0.3) is 0 Å². The van der Waals surface area contributed by atoms with Gasteiger partial charge in [0.1, 0.15) is 17.2 Å². The van der Waals surface area contributed by atoms with E-state index in [-0.39, 0.29) is 17.6 Å². The molecule has 2 aliphatic rings. The summed E-state index contributed by atoms with van der Waals surface area (Å²) >= 11 is 0. The van der Waals surface area contributed by atoms with Gasteiger partial charge in [0.05, 0.1) is 12.2 Å². The van der Waals surface area contributed by atoms with E-state index in [4.69, 9.17) is 0 Å². The number of nitrogens with zero attached hydrogens (tertiary/aromatic N) is 2. The van der Waals surface area contributed by atoms with Crippen molar-refractivity contribution in [3.8, 4) is 0 Å². The number of aliphatic imine (C=N–C) groups is 1. The standard InChI is InChI=1S/C15H12FN3O/c16-10-5-3-9(4-6-10)13-15(20)14-11(7-17-19-14)12(18-13)8-1-2-8/h3-8,12H,1-2H2,(H,17,19). The normalized spacial score (nSPS) is 21.6. The maximum Gasteiger partial charge on any atom is 0.229 e. The Bertz CT molecular complexity index is 713. The van der Waals surface area contributed by atoms with E-state index in [1.54, 1.807) is 18.3 Å². The van der Waals surface area contributed by atoms with Crippen molar-refractivity contribution in [1.82, 2.24) is 10.2 Å². The Morgan fingerprint density at radius 2 is 1.95 bits per heavy atom. The van der Waals surface area contributed by atoms with Crippen molar-refractivity contribution in [3.05, 3.63) is 53.1 Å². The number of rotatable bonds is 2. The highest BCUT2D eigenvalue weighted by Crippen LogP contribution is 2.46. The summed E-state index contributed by atoms with van der Waals surface area (Å²) in [4.78, 5) is 17.1. The third-order valence-corrected chi connectivity index (χ3v) is 3.88. The van der Waals surface area contributed by atoms with Crippen molar-refractivity contribution in [3.63, 3.8) is 0 Å². The van der Waals surface area contributed by atoms with E-state index in [1.165, 1.54) is 12.1 Å². The second kappa shape index (κ2) is 4.10. The highest BCUT2D eigenvalue weighted by atomic mass is 19.1. The van der Waals surface area contributed by atoms with Crippen LogP contribution in [0.2, 0.25) is 0 Å². The molecule has 1 saturated carbocycles. The summed E-state index contributed by atoms with van der Waals surface area (Å²) in [6, 6.07) is 5.88. The molecule has 100 valence electrons. The minimum Gasteiger partial charge on any atom is -0.285 e. The van der Waals surface area contributed by atoms with Crippen molar-refractivity contribution in [2.45, 2.75) is 18.9 Å². The fourth-order valence-electron chi connectivity index (χ4n) is 2.67. The fourth-order valence-corrected chi connectivity index (χ4v) is 2.67. The summed E-state index contributed by atoms with van der Waals surface area (Å²) in [5.74, 6) is 0.00878. The van der Waals surface area contributed by atoms with Crippen LogP contribution in [-0.2, 0) is 0 Å². The third-order valence-electron chi connectivity index (χ3n) is 3.88. The van der Waals surface area contributed by atoms with Crippen molar-refractivity contribution >= 4 is 11.5 Å². The molecule has 20 heavy (non-hydrogen) atoms. The number of halogens is 1. The molecule has 4 nitrogen and oxygen atoms in total. The van der Waals surface area contributed by atoms with Gasteiger partial charge in [0.15, 0.2) is 0 Å². The molecular formula is C15H12FN3O. The second-order valence-corrected chi connectivity index (χ2v) is 5.30. The van der Waals surface area contributed by atoms with Gasteiger partial charge in [-0.25, -0.2) is 4.39 Å². The molecule has 1 aromatic heterocycles. The molecule has 4 rings (SSSR count). The van der Waals surface area contributed by atoms with Crippen molar-refractivity contribution in [1.29, 1.82) is 0 Å². The van der Waals surface area contributed by atoms with Crippen LogP contribution >= 0.6 is 0 Å². The predicted molar refractivity (Wildman–Crippen MR) is 71.3 cm³/mol. The predicted octanol–water partition coefficient (Wildman–Crippen LogP) is 2.69. The van der Waals surface area contributed by atoms with Crippen LogP contribution in [-0.4, -0.2) is 21.7 Å². The maximum absolute atomic E-state index is 13.0. The lowest BCUT2D eigenvalue weighted by atomic mass is 9.93. The molecule has 1 unspecified atom stereocenters. The maximum atomic E-state index is 13.0. The molecule has 2 heterocycles. The number of carbonyl (C=O) groups is 1. The Morgan fingerprint density at radius 3 is 2.65 bits per heavy atom. The topological polar surface area (TPSA) is 58.1 Å². The van der Waals surface area contributed by atoms with Crippen LogP contribution in [0.15, 0.2) is 35.5 Å². The number of carbonyl (C=O) groups excluding carboxylic acids is 1. The van der Waals surface area contributed by atoms with Gasteiger partial charge in [0, 0.05) is 11.1 Å². The molecule has 0 amide bonds. The zero-order valence-corrected chi connectivity index (χ0v) is 10.6. The molecule has 5 heteroatoms. The molecule has 1 aromatic carbocycles. The molecule has 0 radical (unpaired) electrons. The van der Waals surface area contributed by atoms with Crippen LogP contribution in [0.1, 0.15) is 40.5 Å². The fraction of sp³-hybridized carbons (Fsp3) is 0.267. The van der Waals surface area contributed by atoms with Crippen LogP contribution in [0, 0.1) is 11.7 Å². The molecule has 0 saturated heterocycles. The average molecular weight is 269 g/mol. The molecular weight excluding hydrogens is 257 g/mol.